The number of amides is 1. The molecule has 0 atom stereocenters. The van der Waals surface area contributed by atoms with E-state index < -0.39 is 16.6 Å². The van der Waals surface area contributed by atoms with Gasteiger partial charge in [0.25, 0.3) is 11.6 Å². The molecule has 0 bridgehead atoms. The van der Waals surface area contributed by atoms with E-state index in [0.29, 0.717) is 11.3 Å². The van der Waals surface area contributed by atoms with Gasteiger partial charge in [0, 0.05) is 29.3 Å². The number of halogens is 1. The van der Waals surface area contributed by atoms with Crippen LogP contribution in [-0.4, -0.2) is 21.0 Å². The van der Waals surface area contributed by atoms with Crippen LogP contribution >= 0.6 is 0 Å². The second kappa shape index (κ2) is 6.29. The second-order valence-corrected chi connectivity index (χ2v) is 4.94. The number of anilines is 1. The van der Waals surface area contributed by atoms with Crippen molar-refractivity contribution in [3.63, 3.8) is 0 Å². The van der Waals surface area contributed by atoms with Gasteiger partial charge >= 0.3 is 0 Å². The number of rotatable bonds is 4. The van der Waals surface area contributed by atoms with E-state index in [-0.39, 0.29) is 17.1 Å². The zero-order valence-corrected chi connectivity index (χ0v) is 12.2. The highest BCUT2D eigenvalue weighted by Crippen LogP contribution is 2.24. The summed E-state index contributed by atoms with van der Waals surface area (Å²) in [6.45, 7) is 0. The van der Waals surface area contributed by atoms with E-state index in [1.807, 2.05) is 0 Å². The summed E-state index contributed by atoms with van der Waals surface area (Å²) < 4.78 is 12.9. The minimum absolute atomic E-state index is 0.0426. The molecular weight excluding hydrogens is 315 g/mol. The highest BCUT2D eigenvalue weighted by atomic mass is 19.1. The van der Waals surface area contributed by atoms with Crippen molar-refractivity contribution in [1.82, 2.24) is 10.2 Å². The van der Waals surface area contributed by atoms with E-state index in [1.54, 1.807) is 18.2 Å². The van der Waals surface area contributed by atoms with Crippen molar-refractivity contribution in [2.24, 2.45) is 0 Å². The molecule has 2 N–H and O–H groups in total. The van der Waals surface area contributed by atoms with Crippen LogP contribution in [0.25, 0.3) is 11.3 Å². The zero-order chi connectivity index (χ0) is 17.1. The minimum Gasteiger partial charge on any atom is -0.305 e. The Kier molecular flexibility index (Phi) is 4.02. The molecular formula is C16H11FN4O3. The molecule has 0 spiro atoms. The van der Waals surface area contributed by atoms with Crippen LogP contribution in [0.2, 0.25) is 0 Å². The number of nitrogens with zero attached hydrogens (tertiary/aromatic N) is 2. The van der Waals surface area contributed by atoms with Crippen LogP contribution in [0.1, 0.15) is 10.4 Å². The molecule has 8 heteroatoms. The Morgan fingerprint density at radius 2 is 1.92 bits per heavy atom. The van der Waals surface area contributed by atoms with Gasteiger partial charge in [0.1, 0.15) is 5.82 Å². The van der Waals surface area contributed by atoms with Gasteiger partial charge in [0.15, 0.2) is 5.82 Å². The van der Waals surface area contributed by atoms with Crippen LogP contribution in [0.15, 0.2) is 54.6 Å². The van der Waals surface area contributed by atoms with Gasteiger partial charge in [0.2, 0.25) is 0 Å². The third kappa shape index (κ3) is 3.27. The monoisotopic (exact) mass is 326 g/mol. The molecule has 2 aromatic carbocycles. The number of hydrogen-bond acceptors (Lipinski definition) is 4. The first-order valence-electron chi connectivity index (χ1n) is 6.90. The average Bonchev–Trinajstić information content (AvgIpc) is 3.04. The number of nitro benzene ring substituents is 1. The van der Waals surface area contributed by atoms with Gasteiger partial charge in [-0.05, 0) is 24.3 Å². The quantitative estimate of drug-likeness (QED) is 0.567. The van der Waals surface area contributed by atoms with Gasteiger partial charge in [-0.25, -0.2) is 4.39 Å². The summed E-state index contributed by atoms with van der Waals surface area (Å²) in [5.74, 6) is -0.614. The topological polar surface area (TPSA) is 101 Å². The molecule has 1 heterocycles. The SMILES string of the molecule is O=C(Nc1cc(-c2cccc([N+](=O)[O-])c2)[nH]n1)c1ccc(F)cc1. The number of aromatic amines is 1. The molecule has 0 fully saturated rings. The summed E-state index contributed by atoms with van der Waals surface area (Å²) in [5, 5.41) is 20.0. The average molecular weight is 326 g/mol. The lowest BCUT2D eigenvalue weighted by Gasteiger charge is -2.01. The van der Waals surface area contributed by atoms with Crippen molar-refractivity contribution in [3.05, 3.63) is 76.1 Å². The van der Waals surface area contributed by atoms with Crippen LogP contribution in [0.5, 0.6) is 0 Å². The first-order chi connectivity index (χ1) is 11.5. The predicted molar refractivity (Wildman–Crippen MR) is 85.0 cm³/mol. The van der Waals surface area contributed by atoms with Gasteiger partial charge in [-0.1, -0.05) is 12.1 Å². The smallest absolute Gasteiger partial charge is 0.270 e. The Morgan fingerprint density at radius 3 is 2.62 bits per heavy atom. The molecule has 3 aromatic rings. The van der Waals surface area contributed by atoms with Gasteiger partial charge in [-0.15, -0.1) is 0 Å². The molecule has 0 radical (unpaired) electrons. The van der Waals surface area contributed by atoms with E-state index >= 15 is 0 Å². The molecule has 120 valence electrons. The highest BCUT2D eigenvalue weighted by Gasteiger charge is 2.12. The molecule has 1 amide bonds. The number of carbonyl (C=O) groups excluding carboxylic acids is 1. The molecule has 0 unspecified atom stereocenters. The molecule has 0 aliphatic rings. The van der Waals surface area contributed by atoms with Gasteiger partial charge in [-0.3, -0.25) is 20.0 Å². The van der Waals surface area contributed by atoms with Gasteiger partial charge in [0.05, 0.1) is 10.6 Å². The van der Waals surface area contributed by atoms with E-state index in [9.17, 15) is 19.3 Å². The molecule has 24 heavy (non-hydrogen) atoms. The highest BCUT2D eigenvalue weighted by molar-refractivity contribution is 6.03. The Hall–Kier alpha value is -3.55. The Labute approximate surface area is 135 Å². The Bertz CT molecular complexity index is 906. The fourth-order valence-corrected chi connectivity index (χ4v) is 2.11. The van der Waals surface area contributed by atoms with Gasteiger partial charge in [-0.2, -0.15) is 5.10 Å². The lowest BCUT2D eigenvalue weighted by Crippen LogP contribution is -2.12. The van der Waals surface area contributed by atoms with Gasteiger partial charge < -0.3 is 5.32 Å². The van der Waals surface area contributed by atoms with Crippen LogP contribution in [0, 0.1) is 15.9 Å². The Morgan fingerprint density at radius 1 is 1.17 bits per heavy atom. The fourth-order valence-electron chi connectivity index (χ4n) is 2.11. The van der Waals surface area contributed by atoms with Crippen LogP contribution in [-0.2, 0) is 0 Å². The maximum atomic E-state index is 12.9. The standard InChI is InChI=1S/C16H11FN4O3/c17-12-6-4-10(5-7-12)16(22)18-15-9-14(19-20-15)11-2-1-3-13(8-11)21(23)24/h1-9H,(H2,18,19,20,22). The fraction of sp³-hybridized carbons (Fsp3) is 0. The van der Waals surface area contributed by atoms with Crippen molar-refractivity contribution in [2.75, 3.05) is 5.32 Å². The third-order valence-electron chi connectivity index (χ3n) is 3.29. The number of hydrogen-bond donors (Lipinski definition) is 2. The molecule has 3 rings (SSSR count). The first kappa shape index (κ1) is 15.3. The molecule has 0 saturated carbocycles. The number of non-ortho nitro benzene ring substituents is 1. The summed E-state index contributed by atoms with van der Waals surface area (Å²) >= 11 is 0. The second-order valence-electron chi connectivity index (χ2n) is 4.94. The van der Waals surface area contributed by atoms with Crippen molar-refractivity contribution in [1.29, 1.82) is 0 Å². The predicted octanol–water partition coefficient (Wildman–Crippen LogP) is 3.38. The summed E-state index contributed by atoms with van der Waals surface area (Å²) in [7, 11) is 0. The maximum absolute atomic E-state index is 12.9. The van der Waals surface area contributed by atoms with Crippen LogP contribution < -0.4 is 5.32 Å². The number of benzene rings is 2. The van der Waals surface area contributed by atoms with Crippen LogP contribution in [0.4, 0.5) is 15.9 Å². The van der Waals surface area contributed by atoms with Crippen molar-refractivity contribution in [3.8, 4) is 11.3 Å². The lowest BCUT2D eigenvalue weighted by molar-refractivity contribution is -0.384. The number of H-pyrrole nitrogens is 1. The summed E-state index contributed by atoms with van der Waals surface area (Å²) in [6, 6.07) is 12.7. The van der Waals surface area contributed by atoms with Crippen molar-refractivity contribution in [2.45, 2.75) is 0 Å². The van der Waals surface area contributed by atoms with Crippen LogP contribution in [0.3, 0.4) is 0 Å². The maximum Gasteiger partial charge on any atom is 0.270 e. The molecule has 0 aliphatic carbocycles. The molecule has 0 saturated heterocycles. The summed E-state index contributed by atoms with van der Waals surface area (Å²) in [4.78, 5) is 22.4. The van der Waals surface area contributed by atoms with E-state index in [4.69, 9.17) is 0 Å². The van der Waals surface area contributed by atoms with E-state index in [1.165, 1.54) is 36.4 Å². The summed E-state index contributed by atoms with van der Waals surface area (Å²) in [6.07, 6.45) is 0. The first-order valence-corrected chi connectivity index (χ1v) is 6.90. The van der Waals surface area contributed by atoms with E-state index in [0.717, 1.165) is 0 Å². The summed E-state index contributed by atoms with van der Waals surface area (Å²) in [5.41, 5.74) is 1.34. The van der Waals surface area contributed by atoms with E-state index in [2.05, 4.69) is 15.5 Å². The number of carbonyl (C=O) groups is 1. The number of aromatic nitrogens is 2. The third-order valence-corrected chi connectivity index (χ3v) is 3.29. The molecule has 1 aromatic heterocycles. The largest absolute Gasteiger partial charge is 0.305 e. The number of nitro groups is 1. The van der Waals surface area contributed by atoms with Crippen molar-refractivity contribution >= 4 is 17.4 Å². The number of nitrogens with one attached hydrogen (secondary N) is 2. The Balaban J connectivity index is 1.78. The lowest BCUT2D eigenvalue weighted by atomic mass is 10.1. The van der Waals surface area contributed by atoms with Crippen molar-refractivity contribution < 1.29 is 14.1 Å². The zero-order valence-electron chi connectivity index (χ0n) is 12.2. The molecule has 0 aliphatic heterocycles. The normalized spacial score (nSPS) is 10.4. The minimum atomic E-state index is -0.489. The molecule has 7 nitrogen and oxygen atoms in total.